The van der Waals surface area contributed by atoms with Crippen LogP contribution in [0, 0.1) is 0 Å². The van der Waals surface area contributed by atoms with Gasteiger partial charge in [0.05, 0.1) is 17.2 Å². The largest absolute Gasteiger partial charge is 0.259 e. The molecule has 0 bridgehead atoms. The molecule has 7 heteroatoms. The van der Waals surface area contributed by atoms with Crippen LogP contribution in [0.4, 0.5) is 0 Å². The first-order chi connectivity index (χ1) is 10.7. The van der Waals surface area contributed by atoms with Gasteiger partial charge in [-0.2, -0.15) is 0 Å². The summed E-state index contributed by atoms with van der Waals surface area (Å²) in [6.45, 7) is 0. The second-order valence-electron chi connectivity index (χ2n) is 4.54. The van der Waals surface area contributed by atoms with Crippen molar-refractivity contribution in [3.05, 3.63) is 64.4 Å². The molecule has 0 radical (unpaired) electrons. The fourth-order valence-corrected chi connectivity index (χ4v) is 4.22. The normalized spacial score (nSPS) is 12.2. The number of hydrogen-bond acceptors (Lipinski definition) is 5. The number of hydrogen-bond donors (Lipinski definition) is 0. The van der Waals surface area contributed by atoms with E-state index in [1.165, 1.54) is 11.3 Å². The van der Waals surface area contributed by atoms with Crippen LogP contribution in [0.1, 0.15) is 11.3 Å². The van der Waals surface area contributed by atoms with E-state index < -0.39 is 10.8 Å². The molecule has 0 amide bonds. The Labute approximate surface area is 139 Å². The molecule has 0 saturated carbocycles. The van der Waals surface area contributed by atoms with Crippen molar-refractivity contribution in [3.63, 3.8) is 0 Å². The van der Waals surface area contributed by atoms with Crippen molar-refractivity contribution in [1.29, 1.82) is 0 Å². The fourth-order valence-electron chi connectivity index (χ4n) is 1.89. The highest BCUT2D eigenvalue weighted by Gasteiger charge is 2.11. The molecule has 0 aliphatic heterocycles. The van der Waals surface area contributed by atoms with Gasteiger partial charge in [0, 0.05) is 33.6 Å². The van der Waals surface area contributed by atoms with Crippen LogP contribution in [0.15, 0.2) is 48.1 Å². The maximum atomic E-state index is 12.3. The van der Waals surface area contributed by atoms with Gasteiger partial charge in [-0.05, 0) is 17.7 Å². The molecule has 0 N–H and O–H groups in total. The Bertz CT molecular complexity index is 792. The number of aromatic nitrogens is 3. The van der Waals surface area contributed by atoms with E-state index in [9.17, 15) is 4.21 Å². The van der Waals surface area contributed by atoms with Crippen molar-refractivity contribution >= 4 is 33.7 Å². The van der Waals surface area contributed by atoms with Gasteiger partial charge in [0.2, 0.25) is 0 Å². The van der Waals surface area contributed by atoms with Gasteiger partial charge in [0.25, 0.3) is 0 Å². The topological polar surface area (TPSA) is 55.7 Å². The standard InChI is InChI=1S/C15H12ClN3OS2/c16-13-5-2-1-4-11(13)9-22(20)10-12-8-21-15(19-12)14-17-6-3-7-18-14/h1-8H,9-10H2. The van der Waals surface area contributed by atoms with Crippen LogP contribution in [0.25, 0.3) is 10.8 Å². The van der Waals surface area contributed by atoms with Crippen molar-refractivity contribution in [1.82, 2.24) is 15.0 Å². The van der Waals surface area contributed by atoms with Crippen molar-refractivity contribution in [2.45, 2.75) is 11.5 Å². The van der Waals surface area contributed by atoms with Gasteiger partial charge in [-0.15, -0.1) is 11.3 Å². The molecule has 22 heavy (non-hydrogen) atoms. The van der Waals surface area contributed by atoms with E-state index in [0.29, 0.717) is 22.4 Å². The molecule has 1 atom stereocenters. The number of halogens is 1. The molecule has 0 fully saturated rings. The lowest BCUT2D eigenvalue weighted by Crippen LogP contribution is -2.00. The monoisotopic (exact) mass is 349 g/mol. The zero-order valence-electron chi connectivity index (χ0n) is 11.5. The Morgan fingerprint density at radius 2 is 1.86 bits per heavy atom. The molecule has 0 saturated heterocycles. The van der Waals surface area contributed by atoms with Gasteiger partial charge in [-0.1, -0.05) is 29.8 Å². The van der Waals surface area contributed by atoms with Crippen molar-refractivity contribution in [2.24, 2.45) is 0 Å². The first-order valence-electron chi connectivity index (χ1n) is 6.52. The third-order valence-corrected chi connectivity index (χ3v) is 5.40. The quantitative estimate of drug-likeness (QED) is 0.704. The summed E-state index contributed by atoms with van der Waals surface area (Å²) >= 11 is 7.55. The number of thiazole rings is 1. The van der Waals surface area contributed by atoms with Crippen molar-refractivity contribution in [3.8, 4) is 10.8 Å². The van der Waals surface area contributed by atoms with E-state index in [1.807, 2.05) is 29.6 Å². The van der Waals surface area contributed by atoms with Gasteiger partial charge in [0.1, 0.15) is 0 Å². The highest BCUT2D eigenvalue weighted by molar-refractivity contribution is 7.83. The second kappa shape index (κ2) is 7.09. The van der Waals surface area contributed by atoms with Gasteiger partial charge in [-0.3, -0.25) is 4.21 Å². The highest BCUT2D eigenvalue weighted by atomic mass is 35.5. The predicted octanol–water partition coefficient (Wildman–Crippen LogP) is 3.70. The summed E-state index contributed by atoms with van der Waals surface area (Å²) in [4.78, 5) is 12.8. The van der Waals surface area contributed by atoms with Gasteiger partial charge in [-0.25, -0.2) is 15.0 Å². The maximum absolute atomic E-state index is 12.3. The lowest BCUT2D eigenvalue weighted by molar-refractivity contribution is 0.681. The SMILES string of the molecule is O=S(Cc1csc(-c2ncccn2)n1)Cc1ccccc1Cl. The zero-order valence-corrected chi connectivity index (χ0v) is 13.9. The van der Waals surface area contributed by atoms with Crippen LogP contribution in [0.3, 0.4) is 0 Å². The maximum Gasteiger partial charge on any atom is 0.188 e. The molecular formula is C15H12ClN3OS2. The van der Waals surface area contributed by atoms with E-state index in [-0.39, 0.29) is 0 Å². The first-order valence-corrected chi connectivity index (χ1v) is 9.27. The fraction of sp³-hybridized carbons (Fsp3) is 0.133. The van der Waals surface area contributed by atoms with Crippen LogP contribution in [0.2, 0.25) is 5.02 Å². The Morgan fingerprint density at radius 1 is 1.09 bits per heavy atom. The summed E-state index contributed by atoms with van der Waals surface area (Å²) in [5.74, 6) is 1.42. The minimum absolute atomic E-state index is 0.397. The lowest BCUT2D eigenvalue weighted by Gasteiger charge is -2.03. The molecular weight excluding hydrogens is 338 g/mol. The molecule has 0 aliphatic carbocycles. The Hall–Kier alpha value is -1.63. The molecule has 3 aromatic rings. The van der Waals surface area contributed by atoms with E-state index in [2.05, 4.69) is 15.0 Å². The molecule has 0 aliphatic rings. The van der Waals surface area contributed by atoms with Crippen LogP contribution in [-0.4, -0.2) is 19.2 Å². The summed E-state index contributed by atoms with van der Waals surface area (Å²) in [7, 11) is -1.06. The van der Waals surface area contributed by atoms with Crippen LogP contribution >= 0.6 is 22.9 Å². The van der Waals surface area contributed by atoms with Crippen LogP contribution in [-0.2, 0) is 22.3 Å². The minimum atomic E-state index is -1.06. The summed E-state index contributed by atoms with van der Waals surface area (Å²) in [5, 5.41) is 3.29. The Morgan fingerprint density at radius 3 is 2.64 bits per heavy atom. The average Bonchev–Trinajstić information content (AvgIpc) is 2.99. The molecule has 2 aromatic heterocycles. The Kier molecular flexibility index (Phi) is 4.92. The van der Waals surface area contributed by atoms with E-state index >= 15 is 0 Å². The average molecular weight is 350 g/mol. The number of rotatable bonds is 5. The van der Waals surface area contributed by atoms with Crippen LogP contribution < -0.4 is 0 Å². The molecule has 112 valence electrons. The smallest absolute Gasteiger partial charge is 0.188 e. The van der Waals surface area contributed by atoms with E-state index in [1.54, 1.807) is 18.5 Å². The summed E-state index contributed by atoms with van der Waals surface area (Å²) in [6.07, 6.45) is 3.36. The van der Waals surface area contributed by atoms with Crippen molar-refractivity contribution in [2.75, 3.05) is 0 Å². The van der Waals surface area contributed by atoms with Crippen molar-refractivity contribution < 1.29 is 4.21 Å². The second-order valence-corrected chi connectivity index (χ2v) is 7.26. The molecule has 4 nitrogen and oxygen atoms in total. The third-order valence-electron chi connectivity index (χ3n) is 2.89. The zero-order chi connectivity index (χ0) is 15.4. The molecule has 1 aromatic carbocycles. The number of nitrogens with zero attached hydrogens (tertiary/aromatic N) is 3. The number of benzene rings is 1. The summed E-state index contributed by atoms with van der Waals surface area (Å²) in [6, 6.07) is 9.22. The lowest BCUT2D eigenvalue weighted by atomic mass is 10.2. The molecule has 2 heterocycles. The molecule has 1 unspecified atom stereocenters. The molecule has 3 rings (SSSR count). The van der Waals surface area contributed by atoms with Gasteiger partial charge in [0.15, 0.2) is 10.8 Å². The van der Waals surface area contributed by atoms with Crippen LogP contribution in [0.5, 0.6) is 0 Å². The van der Waals surface area contributed by atoms with E-state index in [4.69, 9.17) is 11.6 Å². The first kappa shape index (κ1) is 15.3. The molecule has 0 spiro atoms. The van der Waals surface area contributed by atoms with Gasteiger partial charge < -0.3 is 0 Å². The van der Waals surface area contributed by atoms with E-state index in [0.717, 1.165) is 16.3 Å². The minimum Gasteiger partial charge on any atom is -0.259 e. The Balaban J connectivity index is 1.68. The third kappa shape index (κ3) is 3.76. The van der Waals surface area contributed by atoms with Gasteiger partial charge >= 0.3 is 0 Å². The highest BCUT2D eigenvalue weighted by Crippen LogP contribution is 2.22. The summed E-state index contributed by atoms with van der Waals surface area (Å²) < 4.78 is 12.3. The summed E-state index contributed by atoms with van der Waals surface area (Å²) in [5.41, 5.74) is 1.68. The predicted molar refractivity (Wildman–Crippen MR) is 90.1 cm³/mol.